The van der Waals surface area contributed by atoms with Gasteiger partial charge in [0.1, 0.15) is 0 Å². The van der Waals surface area contributed by atoms with E-state index in [1.54, 1.807) is 16.4 Å². The molecule has 1 aromatic carbocycles. The van der Waals surface area contributed by atoms with Gasteiger partial charge in [-0.25, -0.2) is 8.42 Å². The summed E-state index contributed by atoms with van der Waals surface area (Å²) >= 11 is 0. The maximum absolute atomic E-state index is 13.0. The number of allylic oxidation sites excluding steroid dienone is 2. The van der Waals surface area contributed by atoms with Crippen molar-refractivity contribution in [3.8, 4) is 0 Å². The van der Waals surface area contributed by atoms with Gasteiger partial charge in [-0.15, -0.1) is 6.58 Å². The molecule has 1 aliphatic heterocycles. The predicted octanol–water partition coefficient (Wildman–Crippen LogP) is 3.77. The van der Waals surface area contributed by atoms with Crippen molar-refractivity contribution in [1.82, 2.24) is 4.31 Å². The lowest BCUT2D eigenvalue weighted by Crippen LogP contribution is -2.42. The molecule has 0 radical (unpaired) electrons. The van der Waals surface area contributed by atoms with Gasteiger partial charge in [0.2, 0.25) is 10.0 Å². The molecule has 1 heterocycles. The van der Waals surface area contributed by atoms with Gasteiger partial charge in [0.15, 0.2) is 0 Å². The highest BCUT2D eigenvalue weighted by atomic mass is 32.2. The summed E-state index contributed by atoms with van der Waals surface area (Å²) in [6, 6.07) is 7.15. The average molecular weight is 331 g/mol. The molecular formula is C19H25NO2S. The maximum Gasteiger partial charge on any atom is 0.243 e. The lowest BCUT2D eigenvalue weighted by molar-refractivity contribution is 0.312. The molecule has 3 atom stereocenters. The largest absolute Gasteiger partial charge is 0.243 e. The van der Waals surface area contributed by atoms with Crippen LogP contribution in [0.4, 0.5) is 0 Å². The fourth-order valence-electron chi connectivity index (χ4n) is 4.19. The Morgan fingerprint density at radius 3 is 2.43 bits per heavy atom. The zero-order chi connectivity index (χ0) is 16.8. The van der Waals surface area contributed by atoms with E-state index in [1.165, 1.54) is 11.1 Å². The van der Waals surface area contributed by atoms with Crippen molar-refractivity contribution < 1.29 is 8.42 Å². The molecule has 2 unspecified atom stereocenters. The Labute approximate surface area is 139 Å². The molecule has 3 rings (SSSR count). The van der Waals surface area contributed by atoms with Crippen molar-refractivity contribution in [2.24, 2.45) is 17.8 Å². The minimum absolute atomic E-state index is 0.288. The van der Waals surface area contributed by atoms with Crippen LogP contribution in [0.15, 0.2) is 53.0 Å². The molecule has 3 nitrogen and oxygen atoms in total. The Kier molecular flexibility index (Phi) is 4.23. The number of piperidine rings is 1. The van der Waals surface area contributed by atoms with Gasteiger partial charge in [0, 0.05) is 19.0 Å². The van der Waals surface area contributed by atoms with Crippen molar-refractivity contribution in [2.45, 2.75) is 32.1 Å². The van der Waals surface area contributed by atoms with E-state index >= 15 is 0 Å². The van der Waals surface area contributed by atoms with Crippen molar-refractivity contribution in [2.75, 3.05) is 13.1 Å². The van der Waals surface area contributed by atoms with Gasteiger partial charge < -0.3 is 0 Å². The smallest absolute Gasteiger partial charge is 0.207 e. The summed E-state index contributed by atoms with van der Waals surface area (Å²) in [6.07, 6.45) is 3.03. The molecular weight excluding hydrogens is 306 g/mol. The summed E-state index contributed by atoms with van der Waals surface area (Å²) in [5.74, 6) is 1.02. The quantitative estimate of drug-likeness (QED) is 0.791. The highest BCUT2D eigenvalue weighted by molar-refractivity contribution is 7.89. The summed E-state index contributed by atoms with van der Waals surface area (Å²) in [5.41, 5.74) is 3.88. The zero-order valence-electron chi connectivity index (χ0n) is 14.1. The van der Waals surface area contributed by atoms with Gasteiger partial charge in [-0.2, -0.15) is 4.31 Å². The highest BCUT2D eigenvalue weighted by Crippen LogP contribution is 2.48. The Morgan fingerprint density at radius 2 is 1.87 bits per heavy atom. The first-order valence-electron chi connectivity index (χ1n) is 8.21. The van der Waals surface area contributed by atoms with E-state index in [1.807, 2.05) is 25.1 Å². The molecule has 0 spiro atoms. The number of rotatable bonds is 3. The first kappa shape index (κ1) is 16.5. The second-order valence-corrected chi connectivity index (χ2v) is 8.97. The molecule has 2 fully saturated rings. The Hall–Kier alpha value is -1.39. The van der Waals surface area contributed by atoms with Crippen LogP contribution in [0.25, 0.3) is 0 Å². The number of nitrogens with zero attached hydrogens (tertiary/aromatic N) is 1. The standard InChI is InChI=1S/C19H25NO2S/c1-5-15-10-16-11-20(12-18(15)19(16)13(2)3)23(21,22)17-8-6-14(4)7-9-17/h5-9,15-16,18H,1,10-12H2,2-4H3/t15-,16?,18?/m0/s1. The van der Waals surface area contributed by atoms with Crippen LogP contribution >= 0.6 is 0 Å². The lowest BCUT2D eigenvalue weighted by atomic mass is 9.87. The first-order chi connectivity index (χ1) is 10.8. The van der Waals surface area contributed by atoms with Crippen LogP contribution < -0.4 is 0 Å². The number of aryl methyl sites for hydroxylation is 1. The van der Waals surface area contributed by atoms with Gasteiger partial charge in [-0.3, -0.25) is 0 Å². The minimum Gasteiger partial charge on any atom is -0.207 e. The maximum atomic E-state index is 13.0. The molecule has 0 amide bonds. The summed E-state index contributed by atoms with van der Waals surface area (Å²) in [5, 5.41) is 0. The van der Waals surface area contributed by atoms with Crippen LogP contribution in [0.3, 0.4) is 0 Å². The minimum atomic E-state index is -3.41. The first-order valence-corrected chi connectivity index (χ1v) is 9.65. The molecule has 2 aliphatic rings. The predicted molar refractivity (Wildman–Crippen MR) is 93.6 cm³/mol. The monoisotopic (exact) mass is 331 g/mol. The third-order valence-electron chi connectivity index (χ3n) is 5.28. The molecule has 1 saturated heterocycles. The molecule has 4 heteroatoms. The van der Waals surface area contributed by atoms with E-state index in [0.717, 1.165) is 12.0 Å². The number of fused-ring (bicyclic) bond motifs is 2. The number of sulfonamides is 1. The van der Waals surface area contributed by atoms with Crippen molar-refractivity contribution in [3.63, 3.8) is 0 Å². The van der Waals surface area contributed by atoms with Gasteiger partial charge in [0.25, 0.3) is 0 Å². The normalized spacial score (nSPS) is 28.0. The van der Waals surface area contributed by atoms with Gasteiger partial charge in [-0.1, -0.05) is 34.9 Å². The average Bonchev–Trinajstić information content (AvgIpc) is 2.74. The van der Waals surface area contributed by atoms with E-state index in [4.69, 9.17) is 0 Å². The van der Waals surface area contributed by atoms with E-state index in [-0.39, 0.29) is 5.92 Å². The molecule has 124 valence electrons. The fraction of sp³-hybridized carbons (Fsp3) is 0.474. The summed E-state index contributed by atoms with van der Waals surface area (Å²) < 4.78 is 27.6. The second-order valence-electron chi connectivity index (χ2n) is 7.03. The summed E-state index contributed by atoms with van der Waals surface area (Å²) in [7, 11) is -3.41. The Bertz CT molecular complexity index is 742. The van der Waals surface area contributed by atoms with E-state index in [9.17, 15) is 8.42 Å². The van der Waals surface area contributed by atoms with Crippen LogP contribution in [0, 0.1) is 24.7 Å². The second kappa shape index (κ2) is 5.91. The molecule has 0 N–H and O–H groups in total. The van der Waals surface area contributed by atoms with E-state index < -0.39 is 10.0 Å². The van der Waals surface area contributed by atoms with E-state index in [0.29, 0.717) is 29.8 Å². The molecule has 23 heavy (non-hydrogen) atoms. The molecule has 1 aromatic rings. The molecule has 2 bridgehead atoms. The fourth-order valence-corrected chi connectivity index (χ4v) is 5.71. The van der Waals surface area contributed by atoms with Crippen molar-refractivity contribution in [3.05, 3.63) is 53.6 Å². The summed E-state index contributed by atoms with van der Waals surface area (Å²) in [4.78, 5) is 0.401. The molecule has 1 aliphatic carbocycles. The van der Waals surface area contributed by atoms with Gasteiger partial charge in [-0.05, 0) is 51.2 Å². The van der Waals surface area contributed by atoms with Gasteiger partial charge >= 0.3 is 0 Å². The SMILES string of the molecule is C=C[C@H]1CC2CN(S(=O)(=O)c3ccc(C)cc3)CC1C2=C(C)C. The van der Waals surface area contributed by atoms with E-state index in [2.05, 4.69) is 20.4 Å². The Morgan fingerprint density at radius 1 is 1.22 bits per heavy atom. The van der Waals surface area contributed by atoms with Crippen molar-refractivity contribution in [1.29, 1.82) is 0 Å². The third kappa shape index (κ3) is 2.79. The van der Waals surface area contributed by atoms with Crippen molar-refractivity contribution >= 4 is 10.0 Å². The van der Waals surface area contributed by atoms with Gasteiger partial charge in [0.05, 0.1) is 4.90 Å². The Balaban J connectivity index is 1.94. The number of hydrogen-bond donors (Lipinski definition) is 0. The van der Waals surface area contributed by atoms with Crippen LogP contribution in [0.2, 0.25) is 0 Å². The summed E-state index contributed by atoms with van der Waals surface area (Å²) in [6.45, 7) is 11.4. The topological polar surface area (TPSA) is 37.4 Å². The zero-order valence-corrected chi connectivity index (χ0v) is 14.9. The number of benzene rings is 1. The lowest BCUT2D eigenvalue weighted by Gasteiger charge is -2.34. The molecule has 0 aromatic heterocycles. The third-order valence-corrected chi connectivity index (χ3v) is 7.12. The molecule has 1 saturated carbocycles. The van der Waals surface area contributed by atoms with Crippen LogP contribution in [0.1, 0.15) is 25.8 Å². The number of hydrogen-bond acceptors (Lipinski definition) is 2. The van der Waals surface area contributed by atoms with Crippen LogP contribution in [-0.4, -0.2) is 25.8 Å². The van der Waals surface area contributed by atoms with Crippen LogP contribution in [-0.2, 0) is 10.0 Å². The highest BCUT2D eigenvalue weighted by Gasteiger charge is 2.46. The van der Waals surface area contributed by atoms with Crippen LogP contribution in [0.5, 0.6) is 0 Å².